The van der Waals surface area contributed by atoms with E-state index in [4.69, 9.17) is 11.6 Å². The van der Waals surface area contributed by atoms with Crippen molar-refractivity contribution in [3.63, 3.8) is 0 Å². The van der Waals surface area contributed by atoms with Gasteiger partial charge in [0.15, 0.2) is 0 Å². The van der Waals surface area contributed by atoms with Crippen LogP contribution in [0.25, 0.3) is 11.3 Å². The minimum absolute atomic E-state index is 0.206. The standard InChI is InChI=1S/C24H28ClN2P/c1-13-8-19(24-21(28)11-20(25)12-27-24)9-14(2)22(13)23-15(3)7-18(17(23)5)10-16(4)26-6/h8-9,11-12,18,23,26H,3-5,7,10,28H2,1-2,6H3. The summed E-state index contributed by atoms with van der Waals surface area (Å²) in [4.78, 5) is 4.54. The van der Waals surface area contributed by atoms with Gasteiger partial charge in [-0.15, -0.1) is 9.24 Å². The molecule has 3 atom stereocenters. The Morgan fingerprint density at radius 1 is 1.25 bits per heavy atom. The van der Waals surface area contributed by atoms with E-state index in [2.05, 4.69) is 65.3 Å². The molecule has 0 amide bonds. The van der Waals surface area contributed by atoms with Crippen LogP contribution in [-0.4, -0.2) is 12.0 Å². The van der Waals surface area contributed by atoms with Crippen LogP contribution in [-0.2, 0) is 0 Å². The molecule has 3 unspecified atom stereocenters. The van der Waals surface area contributed by atoms with Crippen molar-refractivity contribution in [2.24, 2.45) is 5.92 Å². The lowest BCUT2D eigenvalue weighted by molar-refractivity contribution is 0.625. The quantitative estimate of drug-likeness (QED) is 0.493. The predicted octanol–water partition coefficient (Wildman–Crippen LogP) is 5.86. The Hall–Kier alpha value is -1.89. The van der Waals surface area contributed by atoms with Crippen LogP contribution in [0.1, 0.15) is 35.4 Å². The van der Waals surface area contributed by atoms with E-state index in [9.17, 15) is 0 Å². The molecule has 0 saturated heterocycles. The lowest BCUT2D eigenvalue weighted by atomic mass is 9.83. The van der Waals surface area contributed by atoms with E-state index in [1.165, 1.54) is 27.8 Å². The summed E-state index contributed by atoms with van der Waals surface area (Å²) in [6.07, 6.45) is 3.58. The summed E-state index contributed by atoms with van der Waals surface area (Å²) in [5.74, 6) is 0.602. The van der Waals surface area contributed by atoms with Gasteiger partial charge in [-0.1, -0.05) is 42.5 Å². The molecule has 1 aliphatic carbocycles. The number of hydrogen-bond donors (Lipinski definition) is 1. The van der Waals surface area contributed by atoms with Crippen LogP contribution in [0.5, 0.6) is 0 Å². The van der Waals surface area contributed by atoms with Crippen molar-refractivity contribution in [1.29, 1.82) is 0 Å². The minimum atomic E-state index is 0.206. The van der Waals surface area contributed by atoms with E-state index < -0.39 is 0 Å². The Morgan fingerprint density at radius 2 is 1.89 bits per heavy atom. The molecule has 1 saturated carbocycles. The number of rotatable bonds is 5. The van der Waals surface area contributed by atoms with Gasteiger partial charge in [0.2, 0.25) is 0 Å². The van der Waals surface area contributed by atoms with Crippen LogP contribution in [0, 0.1) is 19.8 Å². The van der Waals surface area contributed by atoms with Crippen molar-refractivity contribution in [2.45, 2.75) is 32.6 Å². The number of aromatic nitrogens is 1. The zero-order chi connectivity index (χ0) is 20.6. The highest BCUT2D eigenvalue weighted by Crippen LogP contribution is 2.49. The number of nitrogens with one attached hydrogen (secondary N) is 1. The number of benzene rings is 1. The van der Waals surface area contributed by atoms with Gasteiger partial charge in [0.25, 0.3) is 0 Å². The first-order chi connectivity index (χ1) is 13.2. The molecule has 0 spiro atoms. The lowest BCUT2D eigenvalue weighted by Gasteiger charge is -2.22. The zero-order valence-corrected chi connectivity index (χ0v) is 18.8. The lowest BCUT2D eigenvalue weighted by Crippen LogP contribution is -2.10. The van der Waals surface area contributed by atoms with Crippen LogP contribution in [0.4, 0.5) is 0 Å². The number of aryl methyl sites for hydroxylation is 2. The van der Waals surface area contributed by atoms with Crippen molar-refractivity contribution in [3.8, 4) is 11.3 Å². The number of nitrogens with zero attached hydrogens (tertiary/aromatic N) is 1. The highest BCUT2D eigenvalue weighted by atomic mass is 35.5. The minimum Gasteiger partial charge on any atom is -0.392 e. The fourth-order valence-electron chi connectivity index (χ4n) is 4.32. The summed E-state index contributed by atoms with van der Waals surface area (Å²) < 4.78 is 0. The molecular weight excluding hydrogens is 383 g/mol. The first-order valence-electron chi connectivity index (χ1n) is 9.47. The first-order valence-corrected chi connectivity index (χ1v) is 10.4. The van der Waals surface area contributed by atoms with E-state index in [1.54, 1.807) is 6.20 Å². The highest BCUT2D eigenvalue weighted by molar-refractivity contribution is 7.28. The average molecular weight is 411 g/mol. The molecule has 1 heterocycles. The second kappa shape index (κ2) is 8.23. The number of hydrogen-bond acceptors (Lipinski definition) is 2. The fourth-order valence-corrected chi connectivity index (χ4v) is 5.01. The zero-order valence-electron chi connectivity index (χ0n) is 16.9. The molecule has 1 N–H and O–H groups in total. The summed E-state index contributed by atoms with van der Waals surface area (Å²) in [5, 5.41) is 4.80. The topological polar surface area (TPSA) is 24.9 Å². The molecule has 4 heteroatoms. The molecule has 146 valence electrons. The molecule has 1 aromatic carbocycles. The van der Waals surface area contributed by atoms with Crippen molar-refractivity contribution in [3.05, 3.63) is 82.7 Å². The molecule has 2 aromatic rings. The smallest absolute Gasteiger partial charge is 0.0774 e. The summed E-state index contributed by atoms with van der Waals surface area (Å²) >= 11 is 6.06. The Bertz CT molecular complexity index is 954. The summed E-state index contributed by atoms with van der Waals surface area (Å²) in [5.41, 5.74) is 9.41. The molecule has 3 rings (SSSR count). The number of allylic oxidation sites excluding steroid dienone is 3. The van der Waals surface area contributed by atoms with Crippen LogP contribution < -0.4 is 10.6 Å². The Labute approximate surface area is 176 Å². The van der Waals surface area contributed by atoms with E-state index in [0.717, 1.165) is 35.1 Å². The molecule has 0 aliphatic heterocycles. The molecule has 1 aromatic heterocycles. The van der Waals surface area contributed by atoms with Gasteiger partial charge in [-0.2, -0.15) is 0 Å². The number of halogens is 1. The summed E-state index contributed by atoms with van der Waals surface area (Å²) in [7, 11) is 4.65. The van der Waals surface area contributed by atoms with E-state index in [0.29, 0.717) is 10.9 Å². The third-order valence-electron chi connectivity index (χ3n) is 5.70. The van der Waals surface area contributed by atoms with Crippen LogP contribution >= 0.6 is 20.8 Å². The van der Waals surface area contributed by atoms with Gasteiger partial charge in [0.1, 0.15) is 0 Å². The van der Waals surface area contributed by atoms with Crippen molar-refractivity contribution < 1.29 is 0 Å². The normalized spacial score (nSPS) is 19.2. The summed E-state index contributed by atoms with van der Waals surface area (Å²) in [6.45, 7) is 17.3. The second-order valence-corrected chi connectivity index (χ2v) is 8.80. The fraction of sp³-hybridized carbons (Fsp3) is 0.292. The molecule has 28 heavy (non-hydrogen) atoms. The predicted molar refractivity (Wildman–Crippen MR) is 125 cm³/mol. The summed E-state index contributed by atoms with van der Waals surface area (Å²) in [6, 6.07) is 6.35. The van der Waals surface area contributed by atoms with E-state index in [-0.39, 0.29) is 5.92 Å². The monoisotopic (exact) mass is 410 g/mol. The van der Waals surface area contributed by atoms with Crippen LogP contribution in [0.15, 0.2) is 61.0 Å². The Morgan fingerprint density at radius 3 is 2.46 bits per heavy atom. The van der Waals surface area contributed by atoms with E-state index in [1.807, 2.05) is 13.1 Å². The SMILES string of the molecule is C=C(CC1CC(=C)C(c2c(C)cc(-c3ncc(Cl)cc3P)cc2C)C1=C)NC. The maximum Gasteiger partial charge on any atom is 0.0774 e. The van der Waals surface area contributed by atoms with Gasteiger partial charge in [-0.3, -0.25) is 4.98 Å². The van der Waals surface area contributed by atoms with Crippen molar-refractivity contribution in [2.75, 3.05) is 7.05 Å². The Kier molecular flexibility index (Phi) is 6.12. The second-order valence-electron chi connectivity index (χ2n) is 7.74. The molecule has 2 nitrogen and oxygen atoms in total. The van der Waals surface area contributed by atoms with Crippen LogP contribution in [0.3, 0.4) is 0 Å². The van der Waals surface area contributed by atoms with Crippen molar-refractivity contribution in [1.82, 2.24) is 10.3 Å². The highest BCUT2D eigenvalue weighted by Gasteiger charge is 2.34. The molecule has 1 aliphatic rings. The van der Waals surface area contributed by atoms with Crippen molar-refractivity contribution >= 4 is 26.1 Å². The first kappa shape index (κ1) is 20.8. The number of pyridine rings is 1. The largest absolute Gasteiger partial charge is 0.392 e. The van der Waals surface area contributed by atoms with Crippen LogP contribution in [0.2, 0.25) is 5.02 Å². The van der Waals surface area contributed by atoms with Gasteiger partial charge < -0.3 is 5.32 Å². The van der Waals surface area contributed by atoms with Gasteiger partial charge in [-0.25, -0.2) is 0 Å². The van der Waals surface area contributed by atoms with Gasteiger partial charge in [0.05, 0.1) is 10.7 Å². The molecule has 0 bridgehead atoms. The maximum atomic E-state index is 6.06. The maximum absolute atomic E-state index is 6.06. The third-order valence-corrected chi connectivity index (χ3v) is 6.34. The van der Waals surface area contributed by atoms with Gasteiger partial charge in [0, 0.05) is 30.4 Å². The molecular formula is C24H28ClN2P. The average Bonchev–Trinajstić information content (AvgIpc) is 2.88. The van der Waals surface area contributed by atoms with E-state index >= 15 is 0 Å². The third kappa shape index (κ3) is 3.95. The van der Waals surface area contributed by atoms with Gasteiger partial charge >= 0.3 is 0 Å². The molecule has 0 radical (unpaired) electrons. The van der Waals surface area contributed by atoms with Gasteiger partial charge in [-0.05, 0) is 72.8 Å². The molecule has 1 fully saturated rings. The Balaban J connectivity index is 1.98.